The number of nitrogens with one attached hydrogen (secondary N) is 1. The molecule has 1 rings (SSSR count). The van der Waals surface area contributed by atoms with E-state index >= 15 is 0 Å². The SMILES string of the molecule is CCCCCCCCCCCCCCCCNCC(=O)N1CCC(C(=O)OCC)CC1. The van der Waals surface area contributed by atoms with Crippen LogP contribution in [0.15, 0.2) is 0 Å². The average molecular weight is 439 g/mol. The van der Waals surface area contributed by atoms with Gasteiger partial charge in [-0.1, -0.05) is 90.4 Å². The van der Waals surface area contributed by atoms with Gasteiger partial charge in [-0.25, -0.2) is 0 Å². The maximum atomic E-state index is 12.3. The van der Waals surface area contributed by atoms with Crippen molar-refractivity contribution in [2.45, 2.75) is 117 Å². The van der Waals surface area contributed by atoms with Gasteiger partial charge in [-0.3, -0.25) is 9.59 Å². The highest BCUT2D eigenvalue weighted by Crippen LogP contribution is 2.18. The maximum absolute atomic E-state index is 12.3. The van der Waals surface area contributed by atoms with Gasteiger partial charge in [-0.2, -0.15) is 0 Å². The van der Waals surface area contributed by atoms with Gasteiger partial charge in [0.25, 0.3) is 0 Å². The number of amides is 1. The zero-order valence-electron chi connectivity index (χ0n) is 20.6. The van der Waals surface area contributed by atoms with Gasteiger partial charge in [-0.05, 0) is 32.7 Å². The predicted octanol–water partition coefficient (Wildman–Crippen LogP) is 5.86. The summed E-state index contributed by atoms with van der Waals surface area (Å²) in [7, 11) is 0. The van der Waals surface area contributed by atoms with Crippen LogP contribution in [0.4, 0.5) is 0 Å². The third-order valence-corrected chi connectivity index (χ3v) is 6.45. The smallest absolute Gasteiger partial charge is 0.309 e. The highest BCUT2D eigenvalue weighted by molar-refractivity contribution is 5.79. The van der Waals surface area contributed by atoms with Crippen LogP contribution in [-0.4, -0.2) is 49.6 Å². The van der Waals surface area contributed by atoms with Crippen LogP contribution < -0.4 is 5.32 Å². The van der Waals surface area contributed by atoms with Crippen LogP contribution in [0.2, 0.25) is 0 Å². The van der Waals surface area contributed by atoms with Gasteiger partial charge in [0.15, 0.2) is 0 Å². The molecule has 0 unspecified atom stereocenters. The third kappa shape index (κ3) is 14.6. The van der Waals surface area contributed by atoms with Crippen molar-refractivity contribution in [1.29, 1.82) is 0 Å². The molecule has 5 heteroatoms. The number of nitrogens with zero attached hydrogens (tertiary/aromatic N) is 1. The van der Waals surface area contributed by atoms with Crippen LogP contribution in [0, 0.1) is 5.92 Å². The fourth-order valence-electron chi connectivity index (χ4n) is 4.38. The largest absolute Gasteiger partial charge is 0.466 e. The Morgan fingerprint density at radius 3 is 1.74 bits per heavy atom. The summed E-state index contributed by atoms with van der Waals surface area (Å²) in [5, 5.41) is 3.30. The summed E-state index contributed by atoms with van der Waals surface area (Å²) < 4.78 is 5.09. The normalized spacial score (nSPS) is 14.7. The number of unbranched alkanes of at least 4 members (excludes halogenated alkanes) is 13. The molecule has 1 amide bonds. The second-order valence-corrected chi connectivity index (χ2v) is 9.18. The first-order valence-corrected chi connectivity index (χ1v) is 13.3. The lowest BCUT2D eigenvalue weighted by atomic mass is 9.97. The molecule has 0 saturated carbocycles. The van der Waals surface area contributed by atoms with Crippen molar-refractivity contribution in [1.82, 2.24) is 10.2 Å². The van der Waals surface area contributed by atoms with Crippen LogP contribution in [-0.2, 0) is 14.3 Å². The lowest BCUT2D eigenvalue weighted by Crippen LogP contribution is -2.44. The molecular weight excluding hydrogens is 388 g/mol. The molecule has 0 aliphatic carbocycles. The van der Waals surface area contributed by atoms with Crippen molar-refractivity contribution in [2.75, 3.05) is 32.8 Å². The summed E-state index contributed by atoms with van der Waals surface area (Å²) in [6.45, 7) is 7.22. The Bertz CT molecular complexity index is 448. The summed E-state index contributed by atoms with van der Waals surface area (Å²) in [5.41, 5.74) is 0. The third-order valence-electron chi connectivity index (χ3n) is 6.45. The van der Waals surface area contributed by atoms with E-state index in [1.165, 1.54) is 83.5 Å². The van der Waals surface area contributed by atoms with Gasteiger partial charge in [0.1, 0.15) is 0 Å². The molecule has 0 aromatic heterocycles. The minimum absolute atomic E-state index is 0.0347. The quantitative estimate of drug-likeness (QED) is 0.203. The molecule has 5 nitrogen and oxygen atoms in total. The second-order valence-electron chi connectivity index (χ2n) is 9.18. The standard InChI is InChI=1S/C26H50N2O3/c1-3-5-6-7-8-9-10-11-12-13-14-15-16-17-20-27-23-25(29)28-21-18-24(19-22-28)26(30)31-4-2/h24,27H,3-23H2,1-2H3. The number of likely N-dealkylation sites (tertiary alicyclic amines) is 1. The van der Waals surface area contributed by atoms with Crippen LogP contribution in [0.25, 0.3) is 0 Å². The summed E-state index contributed by atoms with van der Waals surface area (Å²) >= 11 is 0. The van der Waals surface area contributed by atoms with Crippen molar-refractivity contribution in [3.63, 3.8) is 0 Å². The zero-order valence-corrected chi connectivity index (χ0v) is 20.6. The summed E-state index contributed by atoms with van der Waals surface area (Å²) in [5.74, 6) is 0.0192. The van der Waals surface area contributed by atoms with Gasteiger partial charge >= 0.3 is 5.97 Å². The van der Waals surface area contributed by atoms with Crippen molar-refractivity contribution in [3.8, 4) is 0 Å². The Kier molecular flexibility index (Phi) is 17.6. The van der Waals surface area contributed by atoms with Gasteiger partial charge in [-0.15, -0.1) is 0 Å². The van der Waals surface area contributed by atoms with E-state index in [1.54, 1.807) is 0 Å². The first-order valence-electron chi connectivity index (χ1n) is 13.3. The fraction of sp³-hybridized carbons (Fsp3) is 0.923. The number of carbonyl (C=O) groups is 2. The summed E-state index contributed by atoms with van der Waals surface area (Å²) in [6.07, 6.45) is 20.6. The highest BCUT2D eigenvalue weighted by atomic mass is 16.5. The van der Waals surface area contributed by atoms with Crippen LogP contribution in [0.1, 0.15) is 117 Å². The van der Waals surface area contributed by atoms with E-state index in [4.69, 9.17) is 4.74 Å². The van der Waals surface area contributed by atoms with Crippen LogP contribution in [0.3, 0.4) is 0 Å². The fourth-order valence-corrected chi connectivity index (χ4v) is 4.38. The molecule has 0 aromatic rings. The lowest BCUT2D eigenvalue weighted by Gasteiger charge is -2.31. The molecule has 1 fully saturated rings. The average Bonchev–Trinajstić information content (AvgIpc) is 2.79. The van der Waals surface area contributed by atoms with Gasteiger partial charge < -0.3 is 15.0 Å². The Morgan fingerprint density at radius 2 is 1.26 bits per heavy atom. The number of piperidine rings is 1. The molecule has 1 heterocycles. The number of hydrogen-bond acceptors (Lipinski definition) is 4. The minimum atomic E-state index is -0.106. The van der Waals surface area contributed by atoms with E-state index in [1.807, 2.05) is 11.8 Å². The zero-order chi connectivity index (χ0) is 22.6. The van der Waals surface area contributed by atoms with Crippen molar-refractivity contribution >= 4 is 11.9 Å². The van der Waals surface area contributed by atoms with E-state index in [-0.39, 0.29) is 17.8 Å². The Hall–Kier alpha value is -1.10. The molecule has 182 valence electrons. The first-order chi connectivity index (χ1) is 15.2. The molecule has 31 heavy (non-hydrogen) atoms. The lowest BCUT2D eigenvalue weighted by molar-refractivity contribution is -0.151. The van der Waals surface area contributed by atoms with E-state index in [0.717, 1.165) is 25.8 Å². The molecule has 1 aliphatic rings. The molecular formula is C26H50N2O3. The minimum Gasteiger partial charge on any atom is -0.466 e. The number of carbonyl (C=O) groups excluding carboxylic acids is 2. The molecule has 0 bridgehead atoms. The van der Waals surface area contributed by atoms with Crippen LogP contribution in [0.5, 0.6) is 0 Å². The Morgan fingerprint density at radius 1 is 0.774 bits per heavy atom. The van der Waals surface area contributed by atoms with Gasteiger partial charge in [0, 0.05) is 13.1 Å². The van der Waals surface area contributed by atoms with E-state index in [9.17, 15) is 9.59 Å². The van der Waals surface area contributed by atoms with E-state index in [2.05, 4.69) is 12.2 Å². The second kappa shape index (κ2) is 19.6. The van der Waals surface area contributed by atoms with Gasteiger partial charge in [0.2, 0.25) is 5.91 Å². The number of esters is 1. The van der Waals surface area contributed by atoms with E-state index < -0.39 is 0 Å². The Labute approximate surface area is 192 Å². The first kappa shape index (κ1) is 27.9. The molecule has 0 spiro atoms. The molecule has 1 N–H and O–H groups in total. The van der Waals surface area contributed by atoms with Crippen molar-refractivity contribution < 1.29 is 14.3 Å². The molecule has 1 saturated heterocycles. The van der Waals surface area contributed by atoms with Crippen molar-refractivity contribution in [2.24, 2.45) is 5.92 Å². The van der Waals surface area contributed by atoms with Gasteiger partial charge in [0.05, 0.1) is 19.1 Å². The predicted molar refractivity (Wildman–Crippen MR) is 129 cm³/mol. The summed E-state index contributed by atoms with van der Waals surface area (Å²) in [6, 6.07) is 0. The number of rotatable bonds is 19. The number of hydrogen-bond donors (Lipinski definition) is 1. The van der Waals surface area contributed by atoms with E-state index in [0.29, 0.717) is 26.2 Å². The summed E-state index contributed by atoms with van der Waals surface area (Å²) in [4.78, 5) is 26.0. The monoisotopic (exact) mass is 438 g/mol. The molecule has 0 aromatic carbocycles. The number of ether oxygens (including phenoxy) is 1. The maximum Gasteiger partial charge on any atom is 0.309 e. The molecule has 1 aliphatic heterocycles. The highest BCUT2D eigenvalue weighted by Gasteiger charge is 2.27. The van der Waals surface area contributed by atoms with Crippen molar-refractivity contribution in [3.05, 3.63) is 0 Å². The molecule has 0 atom stereocenters. The Balaban J connectivity index is 1.84. The topological polar surface area (TPSA) is 58.6 Å². The van der Waals surface area contributed by atoms with Crippen LogP contribution >= 0.6 is 0 Å². The molecule has 0 radical (unpaired) electrons.